The maximum Gasteiger partial charge on any atom is 0.248 e. The van der Waals surface area contributed by atoms with Crippen LogP contribution in [0.5, 0.6) is 0 Å². The Morgan fingerprint density at radius 3 is 2.30 bits per heavy atom. The van der Waals surface area contributed by atoms with Crippen LogP contribution in [0.25, 0.3) is 17.1 Å². The fourth-order valence-electron chi connectivity index (χ4n) is 3.21. The summed E-state index contributed by atoms with van der Waals surface area (Å²) >= 11 is 1.29. The molecule has 0 saturated heterocycles. The Bertz CT molecular complexity index is 1250. The normalized spacial score (nSPS) is 10.7. The van der Waals surface area contributed by atoms with Crippen LogP contribution in [0.2, 0.25) is 0 Å². The van der Waals surface area contributed by atoms with Crippen LogP contribution in [-0.4, -0.2) is 37.3 Å². The zero-order valence-electron chi connectivity index (χ0n) is 17.9. The maximum atomic E-state index is 12.5. The van der Waals surface area contributed by atoms with E-state index in [1.54, 1.807) is 36.7 Å². The van der Waals surface area contributed by atoms with Crippen molar-refractivity contribution < 1.29 is 9.59 Å². The lowest BCUT2D eigenvalue weighted by Gasteiger charge is -2.11. The number of carbonyl (C=O) groups is 2. The molecule has 0 unspecified atom stereocenters. The third-order valence-corrected chi connectivity index (χ3v) is 5.89. The Labute approximate surface area is 195 Å². The number of nitrogens with zero attached hydrogens (tertiary/aromatic N) is 4. The lowest BCUT2D eigenvalue weighted by Crippen LogP contribution is -2.15. The topological polar surface area (TPSA) is 116 Å². The fourth-order valence-corrected chi connectivity index (χ4v) is 3.96. The molecular weight excluding hydrogens is 436 g/mol. The van der Waals surface area contributed by atoms with E-state index in [0.29, 0.717) is 22.2 Å². The standard InChI is InChI=1S/C24H22N6O2S/c1-2-16-3-9-20(10-4-16)30-23(18-11-13-26-14-12-18)28-29-24(30)33-15-21(31)27-19-7-5-17(6-8-19)22(25)32/h3-14H,2,15H2,1H3,(H2,25,32)(H,27,31). The number of pyridine rings is 1. The lowest BCUT2D eigenvalue weighted by atomic mass is 10.1. The molecule has 33 heavy (non-hydrogen) atoms. The SMILES string of the molecule is CCc1ccc(-n2c(SCC(=O)Nc3ccc(C(N)=O)cc3)nnc2-c2ccncc2)cc1. The summed E-state index contributed by atoms with van der Waals surface area (Å²) < 4.78 is 1.94. The molecule has 0 aliphatic heterocycles. The Balaban J connectivity index is 1.55. The van der Waals surface area contributed by atoms with Gasteiger partial charge in [-0.15, -0.1) is 10.2 Å². The van der Waals surface area contributed by atoms with Gasteiger partial charge in [-0.05, 0) is 60.5 Å². The highest BCUT2D eigenvalue weighted by atomic mass is 32.2. The van der Waals surface area contributed by atoms with Gasteiger partial charge < -0.3 is 11.1 Å². The Hall–Kier alpha value is -3.98. The van der Waals surface area contributed by atoms with E-state index in [9.17, 15) is 9.59 Å². The molecule has 166 valence electrons. The fraction of sp³-hybridized carbons (Fsp3) is 0.125. The highest BCUT2D eigenvalue weighted by Gasteiger charge is 2.17. The number of amides is 2. The molecular formula is C24H22N6O2S. The molecule has 0 radical (unpaired) electrons. The number of primary amides is 1. The minimum Gasteiger partial charge on any atom is -0.366 e. The molecule has 2 aromatic carbocycles. The van der Waals surface area contributed by atoms with E-state index in [0.717, 1.165) is 17.7 Å². The summed E-state index contributed by atoms with van der Waals surface area (Å²) in [6.07, 6.45) is 4.36. The van der Waals surface area contributed by atoms with Gasteiger partial charge in [-0.2, -0.15) is 0 Å². The van der Waals surface area contributed by atoms with Crippen LogP contribution < -0.4 is 11.1 Å². The number of nitrogens with one attached hydrogen (secondary N) is 1. The zero-order valence-corrected chi connectivity index (χ0v) is 18.7. The van der Waals surface area contributed by atoms with Crippen LogP contribution in [0, 0.1) is 0 Å². The highest BCUT2D eigenvalue weighted by Crippen LogP contribution is 2.28. The number of aryl methyl sites for hydroxylation is 1. The minimum absolute atomic E-state index is 0.138. The molecule has 2 heterocycles. The summed E-state index contributed by atoms with van der Waals surface area (Å²) in [6.45, 7) is 2.11. The molecule has 0 bridgehead atoms. The van der Waals surface area contributed by atoms with Crippen LogP contribution in [0.1, 0.15) is 22.8 Å². The summed E-state index contributed by atoms with van der Waals surface area (Å²) in [5, 5.41) is 12.1. The number of thioether (sulfide) groups is 1. The smallest absolute Gasteiger partial charge is 0.248 e. The van der Waals surface area contributed by atoms with Crippen LogP contribution in [-0.2, 0) is 11.2 Å². The molecule has 0 atom stereocenters. The van der Waals surface area contributed by atoms with Gasteiger partial charge in [0, 0.05) is 34.9 Å². The number of hydrogen-bond donors (Lipinski definition) is 2. The molecule has 8 nitrogen and oxygen atoms in total. The lowest BCUT2D eigenvalue weighted by molar-refractivity contribution is -0.113. The molecule has 0 spiro atoms. The Morgan fingerprint density at radius 1 is 0.970 bits per heavy atom. The Kier molecular flexibility index (Phi) is 6.80. The van der Waals surface area contributed by atoms with Gasteiger partial charge >= 0.3 is 0 Å². The van der Waals surface area contributed by atoms with Crippen LogP contribution >= 0.6 is 11.8 Å². The summed E-state index contributed by atoms with van der Waals surface area (Å²) in [4.78, 5) is 27.8. The number of nitrogens with two attached hydrogens (primary N) is 1. The molecule has 3 N–H and O–H groups in total. The molecule has 2 amide bonds. The molecule has 0 aliphatic rings. The molecule has 4 rings (SSSR count). The molecule has 4 aromatic rings. The second-order valence-corrected chi connectivity index (χ2v) is 8.12. The zero-order chi connectivity index (χ0) is 23.2. The van der Waals surface area contributed by atoms with Crippen LogP contribution in [0.15, 0.2) is 78.2 Å². The second kappa shape index (κ2) is 10.1. The minimum atomic E-state index is -0.514. The Morgan fingerprint density at radius 2 is 1.67 bits per heavy atom. The van der Waals surface area contributed by atoms with Gasteiger partial charge in [-0.25, -0.2) is 0 Å². The monoisotopic (exact) mass is 458 g/mol. The van der Waals surface area contributed by atoms with E-state index < -0.39 is 5.91 Å². The summed E-state index contributed by atoms with van der Waals surface area (Å²) in [7, 11) is 0. The number of carbonyl (C=O) groups excluding carboxylic acids is 2. The van der Waals surface area contributed by atoms with Crippen LogP contribution in [0.4, 0.5) is 5.69 Å². The third-order valence-electron chi connectivity index (χ3n) is 4.96. The summed E-state index contributed by atoms with van der Waals surface area (Å²) in [6, 6.07) is 18.4. The summed E-state index contributed by atoms with van der Waals surface area (Å²) in [5.41, 5.74) is 9.24. The van der Waals surface area contributed by atoms with Gasteiger partial charge in [0.15, 0.2) is 11.0 Å². The van der Waals surface area contributed by atoms with Gasteiger partial charge in [-0.1, -0.05) is 30.8 Å². The predicted octanol–water partition coefficient (Wildman–Crippen LogP) is 3.72. The van der Waals surface area contributed by atoms with Crippen molar-refractivity contribution in [2.75, 3.05) is 11.1 Å². The van der Waals surface area contributed by atoms with E-state index in [1.165, 1.54) is 17.3 Å². The van der Waals surface area contributed by atoms with Crippen molar-refractivity contribution in [1.29, 1.82) is 0 Å². The largest absolute Gasteiger partial charge is 0.366 e. The summed E-state index contributed by atoms with van der Waals surface area (Å²) in [5.74, 6) is 0.0959. The first kappa shape index (κ1) is 22.2. The average molecular weight is 459 g/mol. The number of anilines is 1. The quantitative estimate of drug-likeness (QED) is 0.389. The van der Waals surface area contributed by atoms with Gasteiger partial charge in [0.05, 0.1) is 5.75 Å². The van der Waals surface area contributed by atoms with E-state index in [2.05, 4.69) is 39.6 Å². The predicted molar refractivity (Wildman–Crippen MR) is 128 cm³/mol. The molecule has 0 fully saturated rings. The first-order chi connectivity index (χ1) is 16.0. The van der Waals surface area contributed by atoms with Crippen molar-refractivity contribution in [2.24, 2.45) is 5.73 Å². The van der Waals surface area contributed by atoms with Crippen molar-refractivity contribution in [3.05, 3.63) is 84.2 Å². The number of hydrogen-bond acceptors (Lipinski definition) is 6. The number of benzene rings is 2. The van der Waals surface area contributed by atoms with Crippen molar-refractivity contribution in [2.45, 2.75) is 18.5 Å². The first-order valence-electron chi connectivity index (χ1n) is 10.3. The van der Waals surface area contributed by atoms with Crippen molar-refractivity contribution in [3.63, 3.8) is 0 Å². The van der Waals surface area contributed by atoms with Gasteiger partial charge in [0.1, 0.15) is 0 Å². The molecule has 9 heteroatoms. The van der Waals surface area contributed by atoms with Crippen molar-refractivity contribution >= 4 is 29.3 Å². The van der Waals surface area contributed by atoms with Crippen molar-refractivity contribution in [1.82, 2.24) is 19.7 Å². The second-order valence-electron chi connectivity index (χ2n) is 7.18. The number of aromatic nitrogens is 4. The van der Waals surface area contributed by atoms with Crippen LogP contribution in [0.3, 0.4) is 0 Å². The van der Waals surface area contributed by atoms with E-state index in [-0.39, 0.29) is 11.7 Å². The highest BCUT2D eigenvalue weighted by molar-refractivity contribution is 7.99. The van der Waals surface area contributed by atoms with Crippen molar-refractivity contribution in [3.8, 4) is 17.1 Å². The van der Waals surface area contributed by atoms with Gasteiger partial charge in [0.25, 0.3) is 0 Å². The van der Waals surface area contributed by atoms with Gasteiger partial charge in [-0.3, -0.25) is 19.1 Å². The van der Waals surface area contributed by atoms with E-state index in [4.69, 9.17) is 5.73 Å². The molecule has 0 aliphatic carbocycles. The third kappa shape index (κ3) is 5.27. The number of rotatable bonds is 8. The van der Waals surface area contributed by atoms with E-state index >= 15 is 0 Å². The average Bonchev–Trinajstić information content (AvgIpc) is 3.27. The maximum absolute atomic E-state index is 12.5. The van der Waals surface area contributed by atoms with Gasteiger partial charge in [0.2, 0.25) is 11.8 Å². The first-order valence-corrected chi connectivity index (χ1v) is 11.3. The van der Waals surface area contributed by atoms with E-state index in [1.807, 2.05) is 28.8 Å². The molecule has 2 aromatic heterocycles. The molecule has 0 saturated carbocycles.